The molecule has 0 aliphatic rings. The monoisotopic (exact) mass is 396 g/mol. The number of benzene rings is 2. The fourth-order valence-electron chi connectivity index (χ4n) is 2.90. The van der Waals surface area contributed by atoms with E-state index in [0.29, 0.717) is 19.6 Å². The highest BCUT2D eigenvalue weighted by atomic mass is 32.2. The Balaban J connectivity index is 1.87. The summed E-state index contributed by atoms with van der Waals surface area (Å²) < 4.78 is 5.20. The molecule has 2 aromatic carbocycles. The van der Waals surface area contributed by atoms with Gasteiger partial charge in [-0.25, -0.2) is 4.79 Å². The quantitative estimate of drug-likeness (QED) is 0.240. The molecule has 0 spiro atoms. The maximum absolute atomic E-state index is 12.5. The Hall–Kier alpha value is -2.73. The van der Waals surface area contributed by atoms with Crippen molar-refractivity contribution in [2.45, 2.75) is 31.9 Å². The van der Waals surface area contributed by atoms with E-state index in [1.807, 2.05) is 48.5 Å². The van der Waals surface area contributed by atoms with E-state index in [-0.39, 0.29) is 5.71 Å². The Morgan fingerprint density at radius 2 is 1.82 bits per heavy atom. The third kappa shape index (κ3) is 4.95. The first kappa shape index (κ1) is 20.0. The van der Waals surface area contributed by atoms with Gasteiger partial charge in [-0.3, -0.25) is 0 Å². The molecular formula is C22H24N2O3S. The van der Waals surface area contributed by atoms with Gasteiger partial charge < -0.3 is 14.6 Å². The van der Waals surface area contributed by atoms with Crippen LogP contribution in [0, 0.1) is 0 Å². The van der Waals surface area contributed by atoms with E-state index in [2.05, 4.69) is 23.1 Å². The molecule has 0 saturated carbocycles. The lowest BCUT2D eigenvalue weighted by Gasteiger charge is -2.08. The van der Waals surface area contributed by atoms with E-state index in [1.54, 1.807) is 18.7 Å². The van der Waals surface area contributed by atoms with Crippen molar-refractivity contribution in [1.82, 2.24) is 4.98 Å². The number of hydrogen-bond acceptors (Lipinski definition) is 5. The summed E-state index contributed by atoms with van der Waals surface area (Å²) in [5, 5.41) is 6.27. The first-order valence-electron chi connectivity index (χ1n) is 9.35. The minimum absolute atomic E-state index is 0.264. The smallest absolute Gasteiger partial charge is 0.356 e. The largest absolute Gasteiger partial charge is 0.461 e. The number of rotatable bonds is 9. The van der Waals surface area contributed by atoms with Crippen molar-refractivity contribution in [3.63, 3.8) is 0 Å². The molecule has 0 saturated heterocycles. The number of esters is 1. The number of para-hydroxylation sites is 1. The highest BCUT2D eigenvalue weighted by molar-refractivity contribution is 7.99. The molecule has 0 fully saturated rings. The summed E-state index contributed by atoms with van der Waals surface area (Å²) in [5.41, 5.74) is 3.34. The first-order chi connectivity index (χ1) is 13.7. The van der Waals surface area contributed by atoms with Gasteiger partial charge in [0.1, 0.15) is 6.61 Å². The summed E-state index contributed by atoms with van der Waals surface area (Å²) in [6.07, 6.45) is 0.347. The zero-order valence-electron chi connectivity index (χ0n) is 16.1. The third-order valence-electron chi connectivity index (χ3n) is 4.17. The number of aromatic nitrogens is 1. The molecule has 0 atom stereocenters. The van der Waals surface area contributed by atoms with Crippen LogP contribution in [-0.4, -0.2) is 29.0 Å². The number of carbonyl (C=O) groups is 1. The van der Waals surface area contributed by atoms with Crippen LogP contribution in [0.25, 0.3) is 10.9 Å². The predicted octanol–water partition coefficient (Wildman–Crippen LogP) is 4.96. The van der Waals surface area contributed by atoms with E-state index >= 15 is 0 Å². The molecule has 6 heteroatoms. The van der Waals surface area contributed by atoms with E-state index in [1.165, 1.54) is 0 Å². The second-order valence-electron chi connectivity index (χ2n) is 6.11. The standard InChI is InChI=1S/C22H24N2O3S/c1-3-26-22(25)20(24-27-15-16-10-6-5-7-11-16)14-18-17-12-8-9-13-19(17)23-21(18)28-4-2/h5-13,23H,3-4,14-15H2,1-2H3/b24-20+. The Morgan fingerprint density at radius 1 is 1.07 bits per heavy atom. The van der Waals surface area contributed by atoms with Gasteiger partial charge in [-0.1, -0.05) is 60.6 Å². The molecule has 0 unspecified atom stereocenters. The summed E-state index contributed by atoms with van der Waals surface area (Å²) >= 11 is 1.71. The number of H-pyrrole nitrogens is 1. The average Bonchev–Trinajstić information content (AvgIpc) is 3.05. The van der Waals surface area contributed by atoms with Gasteiger partial charge in [0, 0.05) is 17.3 Å². The number of hydrogen-bond donors (Lipinski definition) is 1. The van der Waals surface area contributed by atoms with E-state index in [0.717, 1.165) is 32.8 Å². The number of nitrogens with zero attached hydrogens (tertiary/aromatic N) is 1. The molecule has 1 N–H and O–H groups in total. The van der Waals surface area contributed by atoms with Gasteiger partial charge in [0.15, 0.2) is 5.71 Å². The van der Waals surface area contributed by atoms with Crippen molar-refractivity contribution in [3.8, 4) is 0 Å². The van der Waals surface area contributed by atoms with Crippen LogP contribution in [0.3, 0.4) is 0 Å². The van der Waals surface area contributed by atoms with Crippen LogP contribution in [0.1, 0.15) is 25.0 Å². The highest BCUT2D eigenvalue weighted by Gasteiger charge is 2.20. The number of fused-ring (bicyclic) bond motifs is 1. The molecule has 3 aromatic rings. The number of carbonyl (C=O) groups excluding carboxylic acids is 1. The van der Waals surface area contributed by atoms with Crippen molar-refractivity contribution in [2.75, 3.05) is 12.4 Å². The molecule has 1 aromatic heterocycles. The number of oxime groups is 1. The molecule has 0 aliphatic carbocycles. The molecule has 146 valence electrons. The zero-order chi connectivity index (χ0) is 19.8. The third-order valence-corrected chi connectivity index (χ3v) is 5.09. The van der Waals surface area contributed by atoms with Crippen LogP contribution in [0.2, 0.25) is 0 Å². The molecule has 5 nitrogen and oxygen atoms in total. The maximum Gasteiger partial charge on any atom is 0.356 e. The van der Waals surface area contributed by atoms with Crippen molar-refractivity contribution in [3.05, 3.63) is 65.7 Å². The average molecular weight is 397 g/mol. The second kappa shape index (κ2) is 9.99. The molecule has 28 heavy (non-hydrogen) atoms. The molecule has 0 amide bonds. The minimum Gasteiger partial charge on any atom is -0.461 e. The molecule has 0 aliphatic heterocycles. The summed E-state index contributed by atoms with van der Waals surface area (Å²) in [6, 6.07) is 17.8. The number of thioether (sulfide) groups is 1. The fourth-order valence-corrected chi connectivity index (χ4v) is 3.73. The molecule has 1 heterocycles. The minimum atomic E-state index is -0.451. The second-order valence-corrected chi connectivity index (χ2v) is 7.38. The number of aromatic amines is 1. The van der Waals surface area contributed by atoms with Crippen molar-refractivity contribution < 1.29 is 14.4 Å². The van der Waals surface area contributed by atoms with Crippen LogP contribution in [-0.2, 0) is 27.4 Å². The topological polar surface area (TPSA) is 63.7 Å². The van der Waals surface area contributed by atoms with Gasteiger partial charge >= 0.3 is 5.97 Å². The van der Waals surface area contributed by atoms with Crippen molar-refractivity contribution in [2.24, 2.45) is 5.16 Å². The Bertz CT molecular complexity index is 951. The van der Waals surface area contributed by atoms with Crippen LogP contribution in [0.4, 0.5) is 0 Å². The lowest BCUT2D eigenvalue weighted by atomic mass is 10.1. The van der Waals surface area contributed by atoms with Gasteiger partial charge in [0.25, 0.3) is 0 Å². The normalized spacial score (nSPS) is 11.6. The maximum atomic E-state index is 12.5. The molecule has 0 radical (unpaired) electrons. The molecule has 0 bridgehead atoms. The molecule has 3 rings (SSSR count). The molecular weight excluding hydrogens is 372 g/mol. The Morgan fingerprint density at radius 3 is 2.57 bits per heavy atom. The van der Waals surface area contributed by atoms with Gasteiger partial charge in [-0.2, -0.15) is 0 Å². The van der Waals surface area contributed by atoms with Crippen LogP contribution in [0.5, 0.6) is 0 Å². The number of ether oxygens (including phenoxy) is 1. The Kier molecular flexibility index (Phi) is 7.14. The van der Waals surface area contributed by atoms with E-state index < -0.39 is 5.97 Å². The predicted molar refractivity (Wildman–Crippen MR) is 114 cm³/mol. The van der Waals surface area contributed by atoms with Gasteiger partial charge in [-0.05, 0) is 29.9 Å². The van der Waals surface area contributed by atoms with Gasteiger partial charge in [-0.15, -0.1) is 11.8 Å². The first-order valence-corrected chi connectivity index (χ1v) is 10.3. The summed E-state index contributed by atoms with van der Waals surface area (Å²) in [5.74, 6) is 0.476. The van der Waals surface area contributed by atoms with Crippen LogP contribution < -0.4 is 0 Å². The lowest BCUT2D eigenvalue weighted by Crippen LogP contribution is -2.20. The summed E-state index contributed by atoms with van der Waals surface area (Å²) in [6.45, 7) is 4.48. The summed E-state index contributed by atoms with van der Waals surface area (Å²) in [7, 11) is 0. The SMILES string of the molecule is CCOC(=O)/C(Cc1c(SCC)[nH]c2ccccc12)=N/OCc1ccccc1. The fraction of sp³-hybridized carbons (Fsp3) is 0.273. The highest BCUT2D eigenvalue weighted by Crippen LogP contribution is 2.30. The van der Waals surface area contributed by atoms with Gasteiger partial charge in [0.05, 0.1) is 11.6 Å². The number of nitrogens with one attached hydrogen (secondary N) is 1. The lowest BCUT2D eigenvalue weighted by molar-refractivity contribution is -0.135. The van der Waals surface area contributed by atoms with Gasteiger partial charge in [0.2, 0.25) is 0 Å². The zero-order valence-corrected chi connectivity index (χ0v) is 16.9. The van der Waals surface area contributed by atoms with Crippen LogP contribution >= 0.6 is 11.8 Å². The van der Waals surface area contributed by atoms with Crippen LogP contribution in [0.15, 0.2) is 64.8 Å². The van der Waals surface area contributed by atoms with Crippen molar-refractivity contribution in [1.29, 1.82) is 0 Å². The van der Waals surface area contributed by atoms with E-state index in [4.69, 9.17) is 9.57 Å². The summed E-state index contributed by atoms with van der Waals surface area (Å²) in [4.78, 5) is 21.4. The van der Waals surface area contributed by atoms with Crippen molar-refractivity contribution >= 4 is 34.3 Å². The van der Waals surface area contributed by atoms with E-state index in [9.17, 15) is 4.79 Å². The Labute approximate surface area is 169 Å².